The van der Waals surface area contributed by atoms with Crippen LogP contribution >= 0.6 is 0 Å². The Kier molecular flexibility index (Phi) is 4.24. The maximum atomic E-state index is 12.7. The Morgan fingerprint density at radius 3 is 2.76 bits per heavy atom. The Morgan fingerprint density at radius 1 is 1.29 bits per heavy atom. The molecule has 0 bridgehead atoms. The normalized spacial score (nSPS) is 20.6. The molecular weight excluding hydrogens is 262 g/mol. The van der Waals surface area contributed by atoms with E-state index in [1.807, 2.05) is 17.2 Å². The molecule has 114 valence electrons. The van der Waals surface area contributed by atoms with Gasteiger partial charge in [0.05, 0.1) is 0 Å². The molecule has 0 spiro atoms. The summed E-state index contributed by atoms with van der Waals surface area (Å²) in [4.78, 5) is 21.6. The molecule has 0 aliphatic carbocycles. The van der Waals surface area contributed by atoms with Gasteiger partial charge in [0.15, 0.2) is 0 Å². The van der Waals surface area contributed by atoms with Crippen LogP contribution in [0.15, 0.2) is 18.3 Å². The predicted octanol–water partition coefficient (Wildman–Crippen LogP) is 2.09. The van der Waals surface area contributed by atoms with E-state index in [4.69, 9.17) is 0 Å². The highest BCUT2D eigenvalue weighted by atomic mass is 16.2. The monoisotopic (exact) mass is 287 g/mol. The molecule has 3 heterocycles. The quantitative estimate of drug-likeness (QED) is 0.835. The molecule has 4 nitrogen and oxygen atoms in total. The van der Waals surface area contributed by atoms with Gasteiger partial charge in [-0.15, -0.1) is 0 Å². The van der Waals surface area contributed by atoms with Gasteiger partial charge in [-0.25, -0.2) is 0 Å². The summed E-state index contributed by atoms with van der Waals surface area (Å²) in [5, 5.41) is 0. The summed E-state index contributed by atoms with van der Waals surface area (Å²) < 4.78 is 0. The van der Waals surface area contributed by atoms with Gasteiger partial charge in [0.25, 0.3) is 0 Å². The van der Waals surface area contributed by atoms with Gasteiger partial charge in [-0.2, -0.15) is 0 Å². The van der Waals surface area contributed by atoms with E-state index in [1.165, 1.54) is 5.56 Å². The summed E-state index contributed by atoms with van der Waals surface area (Å²) in [5.74, 6) is 0.575. The second kappa shape index (κ2) is 6.14. The maximum absolute atomic E-state index is 12.7. The van der Waals surface area contributed by atoms with Crippen molar-refractivity contribution in [3.8, 4) is 0 Å². The van der Waals surface area contributed by atoms with E-state index in [1.54, 1.807) is 0 Å². The fraction of sp³-hybridized carbons (Fsp3) is 0.647. The highest BCUT2D eigenvalue weighted by Gasteiger charge is 2.30. The average Bonchev–Trinajstić information content (AvgIpc) is 2.54. The molecular formula is C17H25N3O. The van der Waals surface area contributed by atoms with Crippen LogP contribution in [0.4, 0.5) is 0 Å². The van der Waals surface area contributed by atoms with Crippen LogP contribution in [-0.2, 0) is 17.8 Å². The van der Waals surface area contributed by atoms with Crippen molar-refractivity contribution in [2.75, 3.05) is 19.6 Å². The number of fused-ring (bicyclic) bond motifs is 1. The van der Waals surface area contributed by atoms with E-state index >= 15 is 0 Å². The van der Waals surface area contributed by atoms with Crippen molar-refractivity contribution < 1.29 is 4.79 Å². The number of hydrogen-bond donors (Lipinski definition) is 0. The zero-order chi connectivity index (χ0) is 14.8. The van der Waals surface area contributed by atoms with Crippen molar-refractivity contribution in [1.29, 1.82) is 0 Å². The summed E-state index contributed by atoms with van der Waals surface area (Å²) in [6, 6.07) is 4.66. The van der Waals surface area contributed by atoms with E-state index in [0.29, 0.717) is 11.9 Å². The number of carbonyl (C=O) groups excluding carboxylic acids is 1. The van der Waals surface area contributed by atoms with Gasteiger partial charge in [-0.1, -0.05) is 6.07 Å². The van der Waals surface area contributed by atoms with Gasteiger partial charge in [-0.05, 0) is 51.4 Å². The largest absolute Gasteiger partial charge is 0.338 e. The summed E-state index contributed by atoms with van der Waals surface area (Å²) in [7, 11) is 0. The Balaban J connectivity index is 1.60. The molecule has 1 amide bonds. The smallest absolute Gasteiger partial charge is 0.226 e. The van der Waals surface area contributed by atoms with E-state index < -0.39 is 0 Å². The van der Waals surface area contributed by atoms with Crippen LogP contribution in [0.3, 0.4) is 0 Å². The lowest BCUT2D eigenvalue weighted by Crippen LogP contribution is -2.45. The van der Waals surface area contributed by atoms with E-state index in [2.05, 4.69) is 29.8 Å². The fourth-order valence-corrected chi connectivity index (χ4v) is 3.48. The van der Waals surface area contributed by atoms with Gasteiger partial charge >= 0.3 is 0 Å². The van der Waals surface area contributed by atoms with Crippen molar-refractivity contribution in [2.45, 2.75) is 45.7 Å². The molecule has 0 aromatic carbocycles. The van der Waals surface area contributed by atoms with Gasteiger partial charge in [0, 0.05) is 43.4 Å². The number of likely N-dealkylation sites (tertiary alicyclic amines) is 1. The van der Waals surface area contributed by atoms with Crippen molar-refractivity contribution in [3.05, 3.63) is 29.6 Å². The van der Waals surface area contributed by atoms with Crippen molar-refractivity contribution >= 4 is 5.91 Å². The van der Waals surface area contributed by atoms with Crippen LogP contribution in [0.1, 0.15) is 37.9 Å². The number of aromatic nitrogens is 1. The number of pyridine rings is 1. The van der Waals surface area contributed by atoms with Crippen molar-refractivity contribution in [1.82, 2.24) is 14.8 Å². The van der Waals surface area contributed by atoms with Gasteiger partial charge in [0.1, 0.15) is 0 Å². The van der Waals surface area contributed by atoms with E-state index in [0.717, 1.165) is 51.1 Å². The zero-order valence-corrected chi connectivity index (χ0v) is 13.1. The highest BCUT2D eigenvalue weighted by molar-refractivity contribution is 5.79. The zero-order valence-electron chi connectivity index (χ0n) is 13.1. The molecule has 1 aromatic heterocycles. The molecule has 0 atom stereocenters. The minimum atomic E-state index is 0.221. The van der Waals surface area contributed by atoms with Gasteiger partial charge in [0.2, 0.25) is 5.91 Å². The number of amides is 1. The molecule has 1 aromatic rings. The number of carbonyl (C=O) groups is 1. The van der Waals surface area contributed by atoms with Crippen LogP contribution in [0, 0.1) is 5.92 Å². The van der Waals surface area contributed by atoms with E-state index in [-0.39, 0.29) is 5.92 Å². The minimum absolute atomic E-state index is 0.221. The first kappa shape index (κ1) is 14.5. The van der Waals surface area contributed by atoms with Crippen LogP contribution in [0.25, 0.3) is 0 Å². The third-order valence-electron chi connectivity index (χ3n) is 4.89. The lowest BCUT2D eigenvalue weighted by atomic mass is 9.93. The van der Waals surface area contributed by atoms with Crippen LogP contribution in [-0.4, -0.2) is 46.4 Å². The third-order valence-corrected chi connectivity index (χ3v) is 4.89. The molecule has 0 unspecified atom stereocenters. The third kappa shape index (κ3) is 3.10. The first-order valence-electron chi connectivity index (χ1n) is 8.10. The Labute approximate surface area is 127 Å². The second-order valence-electron chi connectivity index (χ2n) is 6.52. The van der Waals surface area contributed by atoms with Crippen LogP contribution in [0.5, 0.6) is 0 Å². The summed E-state index contributed by atoms with van der Waals surface area (Å²) in [5.41, 5.74) is 2.38. The first-order chi connectivity index (χ1) is 10.1. The average molecular weight is 287 g/mol. The summed E-state index contributed by atoms with van der Waals surface area (Å²) in [6.07, 6.45) is 4.76. The van der Waals surface area contributed by atoms with Gasteiger partial charge in [-0.3, -0.25) is 9.78 Å². The maximum Gasteiger partial charge on any atom is 0.226 e. The highest BCUT2D eigenvalue weighted by Crippen LogP contribution is 2.24. The molecule has 0 radical (unpaired) electrons. The lowest BCUT2D eigenvalue weighted by Gasteiger charge is -2.37. The Hall–Kier alpha value is -1.42. The molecule has 2 aliphatic heterocycles. The Morgan fingerprint density at radius 2 is 2.05 bits per heavy atom. The summed E-state index contributed by atoms with van der Waals surface area (Å²) >= 11 is 0. The predicted molar refractivity (Wildman–Crippen MR) is 82.8 cm³/mol. The number of nitrogens with zero attached hydrogens (tertiary/aromatic N) is 3. The molecule has 4 heteroatoms. The standard InChI is InChI=1S/C17H25N3O/c1-13(2)19-9-5-14(6-10-19)17(21)20-11-7-16-15(12-20)4-3-8-18-16/h3-4,8,13-14H,5-7,9-12H2,1-2H3. The van der Waals surface area contributed by atoms with Crippen molar-refractivity contribution in [2.24, 2.45) is 5.92 Å². The number of hydrogen-bond acceptors (Lipinski definition) is 3. The topological polar surface area (TPSA) is 36.4 Å². The molecule has 0 N–H and O–H groups in total. The number of piperidine rings is 1. The fourth-order valence-electron chi connectivity index (χ4n) is 3.48. The minimum Gasteiger partial charge on any atom is -0.338 e. The lowest BCUT2D eigenvalue weighted by molar-refractivity contribution is -0.138. The summed E-state index contributed by atoms with van der Waals surface area (Å²) in [6.45, 7) is 8.15. The second-order valence-corrected chi connectivity index (χ2v) is 6.52. The molecule has 2 aliphatic rings. The first-order valence-corrected chi connectivity index (χ1v) is 8.10. The number of rotatable bonds is 2. The SMILES string of the molecule is CC(C)N1CCC(C(=O)N2CCc3ncccc3C2)CC1. The molecule has 1 fully saturated rings. The Bertz CT molecular complexity index is 507. The van der Waals surface area contributed by atoms with Crippen LogP contribution < -0.4 is 0 Å². The molecule has 21 heavy (non-hydrogen) atoms. The van der Waals surface area contributed by atoms with Crippen molar-refractivity contribution in [3.63, 3.8) is 0 Å². The molecule has 3 rings (SSSR count). The van der Waals surface area contributed by atoms with E-state index in [9.17, 15) is 4.79 Å². The molecule has 0 saturated carbocycles. The van der Waals surface area contributed by atoms with Gasteiger partial charge < -0.3 is 9.80 Å². The van der Waals surface area contributed by atoms with Crippen LogP contribution in [0.2, 0.25) is 0 Å². The molecule has 1 saturated heterocycles.